The number of hydrogen-bond donors (Lipinski definition) is 1. The Bertz CT molecular complexity index is 310. The predicted octanol–water partition coefficient (Wildman–Crippen LogP) is 3.85. The summed E-state index contributed by atoms with van der Waals surface area (Å²) in [5, 5.41) is 0. The number of rotatable bonds is 2. The maximum atomic E-state index is 6.21. The van der Waals surface area contributed by atoms with E-state index in [1.807, 2.05) is 6.07 Å². The highest BCUT2D eigenvalue weighted by Crippen LogP contribution is 2.29. The summed E-state index contributed by atoms with van der Waals surface area (Å²) in [5.74, 6) is 0.669. The van der Waals surface area contributed by atoms with E-state index in [9.17, 15) is 0 Å². The molecule has 1 aromatic heterocycles. The van der Waals surface area contributed by atoms with Crippen LogP contribution in [0.25, 0.3) is 0 Å². The minimum atomic E-state index is 0.397. The van der Waals surface area contributed by atoms with Crippen molar-refractivity contribution in [2.75, 3.05) is 0 Å². The topological polar surface area (TPSA) is 26.0 Å². The summed E-state index contributed by atoms with van der Waals surface area (Å²) in [4.78, 5) is 1.39. The van der Waals surface area contributed by atoms with Gasteiger partial charge in [-0.15, -0.1) is 11.3 Å². The second-order valence-electron chi connectivity index (χ2n) is 4.47. The molecule has 1 aliphatic rings. The molecule has 1 aromatic rings. The molecule has 1 fully saturated rings. The molecule has 0 spiro atoms. The largest absolute Gasteiger partial charge is 0.327 e. The highest BCUT2D eigenvalue weighted by atomic mass is 35.5. The Balaban J connectivity index is 1.97. The van der Waals surface area contributed by atoms with Gasteiger partial charge in [0.2, 0.25) is 0 Å². The first kappa shape index (κ1) is 11.4. The van der Waals surface area contributed by atoms with Gasteiger partial charge in [0.1, 0.15) is 0 Å². The average Bonchev–Trinajstić information content (AvgIpc) is 2.50. The van der Waals surface area contributed by atoms with E-state index >= 15 is 0 Å². The average molecular weight is 244 g/mol. The van der Waals surface area contributed by atoms with Gasteiger partial charge < -0.3 is 5.73 Å². The predicted molar refractivity (Wildman–Crippen MR) is 67.6 cm³/mol. The third-order valence-electron chi connectivity index (χ3n) is 3.31. The summed E-state index contributed by atoms with van der Waals surface area (Å²) < 4.78 is 0.896. The van der Waals surface area contributed by atoms with Crippen molar-refractivity contribution in [2.24, 2.45) is 11.7 Å². The van der Waals surface area contributed by atoms with Crippen LogP contribution in [0.3, 0.4) is 0 Å². The molecule has 3 heteroatoms. The van der Waals surface area contributed by atoms with Crippen LogP contribution in [0.2, 0.25) is 4.34 Å². The first-order valence-electron chi connectivity index (χ1n) is 5.75. The van der Waals surface area contributed by atoms with Crippen molar-refractivity contribution in [1.82, 2.24) is 0 Å². The maximum absolute atomic E-state index is 6.21. The molecule has 2 N–H and O–H groups in total. The van der Waals surface area contributed by atoms with Gasteiger partial charge in [-0.1, -0.05) is 30.9 Å². The fourth-order valence-corrected chi connectivity index (χ4v) is 3.57. The Hall–Kier alpha value is -0.0500. The molecule has 0 aliphatic heterocycles. The Morgan fingerprint density at radius 3 is 2.80 bits per heavy atom. The standard InChI is InChI=1S/C12H18ClNS/c13-12-7-6-10(15-12)8-9-4-2-1-3-5-11(9)14/h6-7,9,11H,1-5,8,14H2. The van der Waals surface area contributed by atoms with Crippen molar-refractivity contribution < 1.29 is 0 Å². The summed E-state index contributed by atoms with van der Waals surface area (Å²) in [6.45, 7) is 0. The molecular formula is C12H18ClNS. The molecule has 84 valence electrons. The summed E-state index contributed by atoms with van der Waals surface area (Å²) in [6, 6.07) is 4.53. The third-order valence-corrected chi connectivity index (χ3v) is 4.56. The summed E-state index contributed by atoms with van der Waals surface area (Å²) >= 11 is 7.63. The van der Waals surface area contributed by atoms with Crippen molar-refractivity contribution in [2.45, 2.75) is 44.6 Å². The van der Waals surface area contributed by atoms with Gasteiger partial charge in [-0.05, 0) is 37.3 Å². The van der Waals surface area contributed by atoms with Gasteiger partial charge in [0.25, 0.3) is 0 Å². The highest BCUT2D eigenvalue weighted by Gasteiger charge is 2.21. The van der Waals surface area contributed by atoms with E-state index in [1.165, 1.54) is 37.0 Å². The normalized spacial score (nSPS) is 27.6. The molecule has 0 saturated heterocycles. The summed E-state index contributed by atoms with van der Waals surface area (Å²) in [5.41, 5.74) is 6.21. The van der Waals surface area contributed by atoms with Crippen LogP contribution in [0, 0.1) is 5.92 Å². The van der Waals surface area contributed by atoms with E-state index in [0.717, 1.165) is 10.8 Å². The molecule has 1 nitrogen and oxygen atoms in total. The van der Waals surface area contributed by atoms with E-state index in [1.54, 1.807) is 11.3 Å². The van der Waals surface area contributed by atoms with Crippen molar-refractivity contribution in [3.05, 3.63) is 21.3 Å². The first-order chi connectivity index (χ1) is 7.25. The molecule has 0 amide bonds. The second kappa shape index (κ2) is 5.33. The second-order valence-corrected chi connectivity index (χ2v) is 6.27. The van der Waals surface area contributed by atoms with Crippen LogP contribution < -0.4 is 5.73 Å². The quantitative estimate of drug-likeness (QED) is 0.785. The van der Waals surface area contributed by atoms with Crippen LogP contribution in [0.5, 0.6) is 0 Å². The van der Waals surface area contributed by atoms with Crippen LogP contribution in [0.4, 0.5) is 0 Å². The smallest absolute Gasteiger partial charge is 0.0931 e. The lowest BCUT2D eigenvalue weighted by molar-refractivity contribution is 0.397. The van der Waals surface area contributed by atoms with Crippen molar-refractivity contribution >= 4 is 22.9 Å². The fourth-order valence-electron chi connectivity index (χ4n) is 2.39. The molecule has 2 rings (SSSR count). The molecule has 0 radical (unpaired) electrons. The lowest BCUT2D eigenvalue weighted by Crippen LogP contribution is -2.30. The molecule has 15 heavy (non-hydrogen) atoms. The van der Waals surface area contributed by atoms with Gasteiger partial charge in [-0.3, -0.25) is 0 Å². The van der Waals surface area contributed by atoms with Crippen molar-refractivity contribution in [1.29, 1.82) is 0 Å². The monoisotopic (exact) mass is 243 g/mol. The van der Waals surface area contributed by atoms with E-state index in [4.69, 9.17) is 17.3 Å². The lowest BCUT2D eigenvalue weighted by Gasteiger charge is -2.20. The minimum Gasteiger partial charge on any atom is -0.327 e. The molecule has 1 aliphatic carbocycles. The fraction of sp³-hybridized carbons (Fsp3) is 0.667. The zero-order chi connectivity index (χ0) is 10.7. The Morgan fingerprint density at radius 1 is 1.27 bits per heavy atom. The Kier molecular flexibility index (Phi) is 4.06. The maximum Gasteiger partial charge on any atom is 0.0931 e. The SMILES string of the molecule is NC1CCCCCC1Cc1ccc(Cl)s1. The van der Waals surface area contributed by atoms with Gasteiger partial charge >= 0.3 is 0 Å². The molecule has 1 heterocycles. The number of hydrogen-bond acceptors (Lipinski definition) is 2. The van der Waals surface area contributed by atoms with Crippen LogP contribution >= 0.6 is 22.9 Å². The van der Waals surface area contributed by atoms with Crippen LogP contribution in [-0.4, -0.2) is 6.04 Å². The van der Waals surface area contributed by atoms with Gasteiger partial charge in [-0.2, -0.15) is 0 Å². The minimum absolute atomic E-state index is 0.397. The summed E-state index contributed by atoms with van der Waals surface area (Å²) in [6.07, 6.45) is 7.62. The number of nitrogens with two attached hydrogens (primary N) is 1. The van der Waals surface area contributed by atoms with E-state index in [2.05, 4.69) is 6.07 Å². The first-order valence-corrected chi connectivity index (χ1v) is 6.95. The third kappa shape index (κ3) is 3.20. The van der Waals surface area contributed by atoms with Crippen LogP contribution in [0.1, 0.15) is 37.0 Å². The molecule has 2 atom stereocenters. The van der Waals surface area contributed by atoms with Crippen molar-refractivity contribution in [3.63, 3.8) is 0 Å². The molecule has 1 saturated carbocycles. The van der Waals surface area contributed by atoms with E-state index in [0.29, 0.717) is 12.0 Å². The Morgan fingerprint density at radius 2 is 2.07 bits per heavy atom. The van der Waals surface area contributed by atoms with E-state index < -0.39 is 0 Å². The van der Waals surface area contributed by atoms with Gasteiger partial charge in [0, 0.05) is 10.9 Å². The van der Waals surface area contributed by atoms with Crippen LogP contribution in [-0.2, 0) is 6.42 Å². The van der Waals surface area contributed by atoms with Gasteiger partial charge in [-0.25, -0.2) is 0 Å². The van der Waals surface area contributed by atoms with Crippen molar-refractivity contribution in [3.8, 4) is 0 Å². The van der Waals surface area contributed by atoms with E-state index in [-0.39, 0.29) is 0 Å². The molecule has 2 unspecified atom stereocenters. The zero-order valence-electron chi connectivity index (χ0n) is 8.92. The van der Waals surface area contributed by atoms with Gasteiger partial charge in [0.15, 0.2) is 0 Å². The summed E-state index contributed by atoms with van der Waals surface area (Å²) in [7, 11) is 0. The number of thiophene rings is 1. The highest BCUT2D eigenvalue weighted by molar-refractivity contribution is 7.16. The lowest BCUT2D eigenvalue weighted by atomic mass is 9.92. The zero-order valence-corrected chi connectivity index (χ0v) is 10.5. The Labute approximate surface area is 101 Å². The molecule has 0 bridgehead atoms. The molecular weight excluding hydrogens is 226 g/mol. The van der Waals surface area contributed by atoms with Gasteiger partial charge in [0.05, 0.1) is 4.34 Å². The molecule has 0 aromatic carbocycles. The number of halogens is 1. The van der Waals surface area contributed by atoms with Crippen LogP contribution in [0.15, 0.2) is 12.1 Å².